The maximum atomic E-state index is 7.64. The number of nitrogens with one attached hydrogen (secondary N) is 1. The summed E-state index contributed by atoms with van der Waals surface area (Å²) in [4.78, 5) is 10.8. The molecule has 1 aromatic heterocycles. The molecular weight excluding hydrogens is 250 g/mol. The van der Waals surface area contributed by atoms with Crippen molar-refractivity contribution in [2.24, 2.45) is 17.1 Å². The average molecular weight is 275 g/mol. The summed E-state index contributed by atoms with van der Waals surface area (Å²) in [6.07, 6.45) is 6.81. The molecule has 0 spiro atoms. The lowest BCUT2D eigenvalue weighted by molar-refractivity contribution is 0.220. The molecule has 1 saturated heterocycles. The Labute approximate surface area is 121 Å². The molecule has 3 N–H and O–H groups in total. The normalized spacial score (nSPS) is 20.6. The molecule has 2 heterocycles. The molecule has 0 radical (unpaired) electrons. The quantitative estimate of drug-likeness (QED) is 0.641. The molecule has 5 heteroatoms. The van der Waals surface area contributed by atoms with E-state index in [0.717, 1.165) is 37.7 Å². The molecule has 0 bridgehead atoms. The Hall–Kier alpha value is -1.65. The van der Waals surface area contributed by atoms with Crippen molar-refractivity contribution in [2.45, 2.75) is 40.0 Å². The average Bonchev–Trinajstić information content (AvgIpc) is 2.63. The summed E-state index contributed by atoms with van der Waals surface area (Å²) in [5, 5.41) is 7.64. The van der Waals surface area contributed by atoms with E-state index in [9.17, 15) is 0 Å². The maximum Gasteiger partial charge on any atom is 0.158 e. The van der Waals surface area contributed by atoms with Crippen LogP contribution in [0.3, 0.4) is 0 Å². The Bertz CT molecular complexity index is 477. The van der Waals surface area contributed by atoms with Crippen LogP contribution in [-0.2, 0) is 0 Å². The maximum absolute atomic E-state index is 7.64. The van der Waals surface area contributed by atoms with Gasteiger partial charge in [0.1, 0.15) is 11.5 Å². The minimum Gasteiger partial charge on any atom is -0.382 e. The predicted molar refractivity (Wildman–Crippen MR) is 82.1 cm³/mol. The van der Waals surface area contributed by atoms with Crippen LogP contribution >= 0.6 is 0 Å². The minimum atomic E-state index is -0.00952. The van der Waals surface area contributed by atoms with E-state index in [4.69, 9.17) is 11.1 Å². The lowest BCUT2D eigenvalue weighted by atomic mass is 9.77. The van der Waals surface area contributed by atoms with Crippen molar-refractivity contribution in [3.63, 3.8) is 0 Å². The molecule has 1 aliphatic heterocycles. The van der Waals surface area contributed by atoms with E-state index < -0.39 is 0 Å². The lowest BCUT2D eigenvalue weighted by Crippen LogP contribution is -2.30. The smallest absolute Gasteiger partial charge is 0.158 e. The van der Waals surface area contributed by atoms with Crippen LogP contribution in [0.5, 0.6) is 0 Å². The van der Waals surface area contributed by atoms with Gasteiger partial charge in [-0.3, -0.25) is 5.41 Å². The van der Waals surface area contributed by atoms with E-state index >= 15 is 0 Å². The number of anilines is 1. The molecule has 1 aromatic rings. The fourth-order valence-corrected chi connectivity index (χ4v) is 2.93. The Morgan fingerprint density at radius 3 is 2.60 bits per heavy atom. The van der Waals surface area contributed by atoms with E-state index in [2.05, 4.69) is 35.6 Å². The van der Waals surface area contributed by atoms with E-state index in [1.165, 1.54) is 6.42 Å². The molecule has 1 atom stereocenters. The number of hydrogen-bond acceptors (Lipinski definition) is 4. The van der Waals surface area contributed by atoms with E-state index in [1.54, 1.807) is 12.4 Å². The summed E-state index contributed by atoms with van der Waals surface area (Å²) in [6, 6.07) is 0. The molecule has 0 saturated carbocycles. The number of amidine groups is 1. The van der Waals surface area contributed by atoms with Crippen LogP contribution in [0.25, 0.3) is 0 Å². The van der Waals surface area contributed by atoms with Gasteiger partial charge in [0, 0.05) is 25.5 Å². The van der Waals surface area contributed by atoms with Crippen molar-refractivity contribution in [3.05, 3.63) is 18.1 Å². The van der Waals surface area contributed by atoms with Crippen LogP contribution in [0.15, 0.2) is 12.4 Å². The zero-order valence-corrected chi connectivity index (χ0v) is 12.7. The third-order valence-corrected chi connectivity index (χ3v) is 4.19. The SMILES string of the molecule is CC(C)(C)C1CCCN(c2nccnc2C(=N)N)CC1. The first-order chi connectivity index (χ1) is 9.39. The zero-order chi connectivity index (χ0) is 14.8. The van der Waals surface area contributed by atoms with Gasteiger partial charge in [0.05, 0.1) is 0 Å². The van der Waals surface area contributed by atoms with Crippen LogP contribution in [0, 0.1) is 16.7 Å². The van der Waals surface area contributed by atoms with Crippen LogP contribution in [0.1, 0.15) is 45.7 Å². The third-order valence-electron chi connectivity index (χ3n) is 4.19. The standard InChI is InChI=1S/C15H25N5/c1-15(2,3)11-5-4-9-20(10-6-11)14-12(13(16)17)18-7-8-19-14/h7-8,11H,4-6,9-10H2,1-3H3,(H3,16,17). The molecule has 0 amide bonds. The predicted octanol–water partition coefficient (Wildman–Crippen LogP) is 2.41. The highest BCUT2D eigenvalue weighted by molar-refractivity contribution is 5.97. The Morgan fingerprint density at radius 1 is 1.25 bits per heavy atom. The topological polar surface area (TPSA) is 78.9 Å². The molecule has 5 nitrogen and oxygen atoms in total. The second-order valence-electron chi connectivity index (χ2n) is 6.62. The third kappa shape index (κ3) is 3.26. The summed E-state index contributed by atoms with van der Waals surface area (Å²) in [5.41, 5.74) is 6.46. The zero-order valence-electron chi connectivity index (χ0n) is 12.7. The molecule has 20 heavy (non-hydrogen) atoms. The second kappa shape index (κ2) is 5.77. The fourth-order valence-electron chi connectivity index (χ4n) is 2.93. The van der Waals surface area contributed by atoms with Crippen molar-refractivity contribution in [3.8, 4) is 0 Å². The lowest BCUT2D eigenvalue weighted by Gasteiger charge is -2.30. The first-order valence-electron chi connectivity index (χ1n) is 7.30. The summed E-state index contributed by atoms with van der Waals surface area (Å²) < 4.78 is 0. The van der Waals surface area contributed by atoms with Crippen molar-refractivity contribution < 1.29 is 0 Å². The Kier molecular flexibility index (Phi) is 4.26. The summed E-state index contributed by atoms with van der Waals surface area (Å²) >= 11 is 0. The molecule has 1 fully saturated rings. The van der Waals surface area contributed by atoms with Crippen LogP contribution < -0.4 is 10.6 Å². The second-order valence-corrected chi connectivity index (χ2v) is 6.62. The highest BCUT2D eigenvalue weighted by atomic mass is 15.2. The summed E-state index contributed by atoms with van der Waals surface area (Å²) in [5.74, 6) is 1.48. The number of nitrogens with two attached hydrogens (primary N) is 1. The number of aromatic nitrogens is 2. The van der Waals surface area contributed by atoms with E-state index in [0.29, 0.717) is 11.1 Å². The number of rotatable bonds is 2. The number of nitrogens with zero attached hydrogens (tertiary/aromatic N) is 3. The van der Waals surface area contributed by atoms with E-state index in [1.807, 2.05) is 0 Å². The molecule has 1 aliphatic rings. The van der Waals surface area contributed by atoms with Crippen LogP contribution in [-0.4, -0.2) is 28.9 Å². The van der Waals surface area contributed by atoms with Crippen molar-refractivity contribution in [1.29, 1.82) is 5.41 Å². The molecule has 110 valence electrons. The number of nitrogen functional groups attached to an aromatic ring is 1. The number of hydrogen-bond donors (Lipinski definition) is 2. The van der Waals surface area contributed by atoms with Gasteiger partial charge in [-0.15, -0.1) is 0 Å². The van der Waals surface area contributed by atoms with Gasteiger partial charge in [0.25, 0.3) is 0 Å². The van der Waals surface area contributed by atoms with Crippen molar-refractivity contribution >= 4 is 11.7 Å². The van der Waals surface area contributed by atoms with Crippen molar-refractivity contribution in [2.75, 3.05) is 18.0 Å². The first-order valence-corrected chi connectivity index (χ1v) is 7.30. The molecule has 0 aliphatic carbocycles. The van der Waals surface area contributed by atoms with Gasteiger partial charge in [-0.05, 0) is 30.6 Å². The molecule has 0 aromatic carbocycles. The Balaban J connectivity index is 2.17. The van der Waals surface area contributed by atoms with E-state index in [-0.39, 0.29) is 5.84 Å². The van der Waals surface area contributed by atoms with Crippen molar-refractivity contribution in [1.82, 2.24) is 9.97 Å². The summed E-state index contributed by atoms with van der Waals surface area (Å²) in [6.45, 7) is 8.87. The van der Waals surface area contributed by atoms with Gasteiger partial charge in [0.2, 0.25) is 0 Å². The minimum absolute atomic E-state index is 0.00952. The Morgan fingerprint density at radius 2 is 1.95 bits per heavy atom. The van der Waals surface area contributed by atoms with Gasteiger partial charge in [0.15, 0.2) is 5.82 Å². The van der Waals surface area contributed by atoms with Gasteiger partial charge in [-0.1, -0.05) is 20.8 Å². The monoisotopic (exact) mass is 275 g/mol. The van der Waals surface area contributed by atoms with Gasteiger partial charge in [-0.2, -0.15) is 0 Å². The largest absolute Gasteiger partial charge is 0.382 e. The molecule has 1 unspecified atom stereocenters. The van der Waals surface area contributed by atoms with Crippen LogP contribution in [0.2, 0.25) is 0 Å². The first kappa shape index (κ1) is 14.8. The highest BCUT2D eigenvalue weighted by Gasteiger charge is 2.28. The fraction of sp³-hybridized carbons (Fsp3) is 0.667. The summed E-state index contributed by atoms with van der Waals surface area (Å²) in [7, 11) is 0. The van der Waals surface area contributed by atoms with Crippen LogP contribution in [0.4, 0.5) is 5.82 Å². The van der Waals surface area contributed by atoms with Gasteiger partial charge < -0.3 is 10.6 Å². The van der Waals surface area contributed by atoms with Gasteiger partial charge in [-0.25, -0.2) is 9.97 Å². The molecular formula is C15H25N5. The highest BCUT2D eigenvalue weighted by Crippen LogP contribution is 2.35. The van der Waals surface area contributed by atoms with Gasteiger partial charge >= 0.3 is 0 Å². The molecule has 2 rings (SSSR count).